The number of nitrogens with zero attached hydrogens (tertiary/aromatic N) is 2. The van der Waals surface area contributed by atoms with Crippen molar-refractivity contribution < 1.29 is 9.47 Å². The molecule has 0 aliphatic carbocycles. The molecule has 116 valence electrons. The van der Waals surface area contributed by atoms with E-state index in [1.54, 1.807) is 7.11 Å². The van der Waals surface area contributed by atoms with Gasteiger partial charge in [-0.1, -0.05) is 0 Å². The van der Waals surface area contributed by atoms with Gasteiger partial charge in [0.2, 0.25) is 0 Å². The fraction of sp³-hybridized carbons (Fsp3) is 0.500. The molecule has 2 saturated heterocycles. The summed E-state index contributed by atoms with van der Waals surface area (Å²) in [4.78, 5) is 4.57. The van der Waals surface area contributed by atoms with E-state index in [2.05, 4.69) is 34.8 Å². The first kappa shape index (κ1) is 13.8. The van der Waals surface area contributed by atoms with Crippen molar-refractivity contribution in [2.45, 2.75) is 44.9 Å². The highest BCUT2D eigenvalue weighted by molar-refractivity contribution is 5.59. The lowest BCUT2D eigenvalue weighted by Gasteiger charge is -2.20. The molecule has 2 aromatic rings. The van der Waals surface area contributed by atoms with Crippen LogP contribution in [-0.4, -0.2) is 28.9 Å². The van der Waals surface area contributed by atoms with Crippen molar-refractivity contribution in [2.24, 2.45) is 5.92 Å². The van der Waals surface area contributed by atoms with E-state index in [9.17, 15) is 0 Å². The van der Waals surface area contributed by atoms with Gasteiger partial charge in [-0.25, -0.2) is 4.98 Å². The van der Waals surface area contributed by atoms with Gasteiger partial charge < -0.3 is 14.0 Å². The van der Waals surface area contributed by atoms with Crippen LogP contribution in [0.25, 0.3) is 11.4 Å². The molecule has 0 spiro atoms. The lowest BCUT2D eigenvalue weighted by molar-refractivity contribution is 0.0900. The van der Waals surface area contributed by atoms with Crippen LogP contribution in [0.5, 0.6) is 5.75 Å². The maximum absolute atomic E-state index is 5.98. The molecule has 2 fully saturated rings. The van der Waals surface area contributed by atoms with E-state index in [1.165, 1.54) is 19.3 Å². The highest BCUT2D eigenvalue weighted by Crippen LogP contribution is 2.40. The Balaban J connectivity index is 1.58. The smallest absolute Gasteiger partial charge is 0.139 e. The van der Waals surface area contributed by atoms with E-state index in [-0.39, 0.29) is 0 Å². The third kappa shape index (κ3) is 2.31. The van der Waals surface area contributed by atoms with Gasteiger partial charge in [0.1, 0.15) is 11.6 Å². The average molecular weight is 298 g/mol. The first-order chi connectivity index (χ1) is 10.7. The third-order valence-corrected chi connectivity index (χ3v) is 5.03. The van der Waals surface area contributed by atoms with Crippen molar-refractivity contribution in [3.8, 4) is 17.1 Å². The second kappa shape index (κ2) is 5.43. The number of aryl methyl sites for hydroxylation is 1. The molecule has 4 heteroatoms. The number of benzene rings is 1. The molecule has 3 heterocycles. The molecule has 3 atom stereocenters. The summed E-state index contributed by atoms with van der Waals surface area (Å²) >= 11 is 0. The second-order valence-corrected chi connectivity index (χ2v) is 6.46. The van der Waals surface area contributed by atoms with Crippen molar-refractivity contribution in [3.05, 3.63) is 36.2 Å². The summed E-state index contributed by atoms with van der Waals surface area (Å²) in [6.45, 7) is 3.07. The molecule has 2 bridgehead atoms. The number of methoxy groups -OCH3 is 1. The molecular formula is C18H22N2O2. The third-order valence-electron chi connectivity index (χ3n) is 5.03. The van der Waals surface area contributed by atoms with Gasteiger partial charge in [-0.15, -0.1) is 0 Å². The Hall–Kier alpha value is -1.81. The molecule has 0 amide bonds. The SMILES string of the molecule is COc1ccc(-c2nccn2C[C@@H]2C[C@@H]3CC[C@H]2O3)cc1C. The van der Waals surface area contributed by atoms with E-state index in [1.807, 2.05) is 12.3 Å². The minimum atomic E-state index is 0.456. The highest BCUT2D eigenvalue weighted by Gasteiger charge is 2.40. The van der Waals surface area contributed by atoms with Gasteiger partial charge in [-0.05, 0) is 49.9 Å². The standard InChI is InChI=1S/C18H22N2O2/c1-12-9-13(3-5-16(12)21-2)18-19-7-8-20(18)11-14-10-15-4-6-17(14)22-15/h3,5,7-9,14-15,17H,4,6,10-11H2,1-2H3/t14-,15-,17+/m0/s1. The highest BCUT2D eigenvalue weighted by atomic mass is 16.5. The topological polar surface area (TPSA) is 36.3 Å². The molecule has 0 saturated carbocycles. The zero-order chi connectivity index (χ0) is 15.1. The summed E-state index contributed by atoms with van der Waals surface area (Å²) in [5.41, 5.74) is 2.28. The minimum absolute atomic E-state index is 0.456. The average Bonchev–Trinajstić information content (AvgIpc) is 3.23. The Kier molecular flexibility index (Phi) is 3.41. The van der Waals surface area contributed by atoms with Gasteiger partial charge in [0, 0.05) is 30.4 Å². The maximum Gasteiger partial charge on any atom is 0.139 e. The molecule has 4 nitrogen and oxygen atoms in total. The predicted molar refractivity (Wildman–Crippen MR) is 85.0 cm³/mol. The summed E-state index contributed by atoms with van der Waals surface area (Å²) < 4.78 is 13.6. The van der Waals surface area contributed by atoms with Crippen LogP contribution in [-0.2, 0) is 11.3 Å². The van der Waals surface area contributed by atoms with Gasteiger partial charge in [-0.3, -0.25) is 0 Å². The van der Waals surface area contributed by atoms with Crippen molar-refractivity contribution in [2.75, 3.05) is 7.11 Å². The maximum atomic E-state index is 5.98. The zero-order valence-corrected chi connectivity index (χ0v) is 13.2. The zero-order valence-electron chi connectivity index (χ0n) is 13.2. The van der Waals surface area contributed by atoms with Crippen LogP contribution in [0.2, 0.25) is 0 Å². The number of ether oxygens (including phenoxy) is 2. The van der Waals surface area contributed by atoms with Crippen molar-refractivity contribution in [1.29, 1.82) is 0 Å². The van der Waals surface area contributed by atoms with Crippen LogP contribution in [0.4, 0.5) is 0 Å². The predicted octanol–water partition coefficient (Wildman–Crippen LogP) is 3.43. The first-order valence-corrected chi connectivity index (χ1v) is 8.06. The Morgan fingerprint density at radius 3 is 2.95 bits per heavy atom. The minimum Gasteiger partial charge on any atom is -0.496 e. The summed E-state index contributed by atoms with van der Waals surface area (Å²) in [5, 5.41) is 0. The Morgan fingerprint density at radius 2 is 2.27 bits per heavy atom. The van der Waals surface area contributed by atoms with Crippen LogP contribution in [0.1, 0.15) is 24.8 Å². The van der Waals surface area contributed by atoms with E-state index < -0.39 is 0 Å². The summed E-state index contributed by atoms with van der Waals surface area (Å²) in [5.74, 6) is 2.59. The fourth-order valence-electron chi connectivity index (χ4n) is 3.92. The second-order valence-electron chi connectivity index (χ2n) is 6.46. The summed E-state index contributed by atoms with van der Waals surface area (Å²) in [7, 11) is 1.71. The van der Waals surface area contributed by atoms with Gasteiger partial charge in [0.25, 0.3) is 0 Å². The lowest BCUT2D eigenvalue weighted by Crippen LogP contribution is -2.21. The molecule has 1 aromatic heterocycles. The van der Waals surface area contributed by atoms with Crippen LogP contribution in [0.3, 0.4) is 0 Å². The van der Waals surface area contributed by atoms with Crippen molar-refractivity contribution >= 4 is 0 Å². The summed E-state index contributed by atoms with van der Waals surface area (Å²) in [6.07, 6.45) is 8.60. The van der Waals surface area contributed by atoms with Crippen LogP contribution in [0, 0.1) is 12.8 Å². The van der Waals surface area contributed by atoms with Crippen LogP contribution >= 0.6 is 0 Å². The van der Waals surface area contributed by atoms with E-state index in [0.29, 0.717) is 18.1 Å². The number of rotatable bonds is 4. The van der Waals surface area contributed by atoms with Crippen LogP contribution < -0.4 is 4.74 Å². The fourth-order valence-corrected chi connectivity index (χ4v) is 3.92. The first-order valence-electron chi connectivity index (χ1n) is 8.06. The van der Waals surface area contributed by atoms with Crippen molar-refractivity contribution in [1.82, 2.24) is 9.55 Å². The van der Waals surface area contributed by atoms with Gasteiger partial charge in [0.15, 0.2) is 0 Å². The van der Waals surface area contributed by atoms with Crippen LogP contribution in [0.15, 0.2) is 30.6 Å². The molecule has 0 radical (unpaired) electrons. The number of imidazole rings is 1. The Labute approximate surface area is 131 Å². The Morgan fingerprint density at radius 1 is 1.36 bits per heavy atom. The molecule has 0 N–H and O–H groups in total. The number of hydrogen-bond acceptors (Lipinski definition) is 3. The summed E-state index contributed by atoms with van der Waals surface area (Å²) in [6, 6.07) is 6.25. The molecule has 1 aromatic carbocycles. The number of fused-ring (bicyclic) bond motifs is 2. The normalized spacial score (nSPS) is 26.5. The Bertz CT molecular complexity index is 679. The molecule has 2 aliphatic rings. The van der Waals surface area contributed by atoms with Gasteiger partial charge in [-0.2, -0.15) is 0 Å². The number of hydrogen-bond donors (Lipinski definition) is 0. The van der Waals surface area contributed by atoms with E-state index >= 15 is 0 Å². The van der Waals surface area contributed by atoms with E-state index in [0.717, 1.165) is 29.2 Å². The molecule has 4 rings (SSSR count). The molecular weight excluding hydrogens is 276 g/mol. The van der Waals surface area contributed by atoms with Gasteiger partial charge >= 0.3 is 0 Å². The van der Waals surface area contributed by atoms with Gasteiger partial charge in [0.05, 0.1) is 19.3 Å². The lowest BCUT2D eigenvalue weighted by atomic mass is 9.89. The number of aromatic nitrogens is 2. The molecule has 2 aliphatic heterocycles. The largest absolute Gasteiger partial charge is 0.496 e. The quantitative estimate of drug-likeness (QED) is 0.867. The van der Waals surface area contributed by atoms with Crippen molar-refractivity contribution in [3.63, 3.8) is 0 Å². The van der Waals surface area contributed by atoms with E-state index in [4.69, 9.17) is 9.47 Å². The molecule has 22 heavy (non-hydrogen) atoms. The monoisotopic (exact) mass is 298 g/mol. The molecule has 0 unspecified atom stereocenters.